The van der Waals surface area contributed by atoms with E-state index < -0.39 is 6.04 Å². The van der Waals surface area contributed by atoms with Gasteiger partial charge in [0, 0.05) is 19.0 Å². The van der Waals surface area contributed by atoms with Crippen LogP contribution in [0.15, 0.2) is 78.9 Å². The number of amides is 2. The summed E-state index contributed by atoms with van der Waals surface area (Å²) >= 11 is 0. The third kappa shape index (κ3) is 7.71. The monoisotopic (exact) mass is 472 g/mol. The van der Waals surface area contributed by atoms with E-state index in [2.05, 4.69) is 5.32 Å². The average molecular weight is 473 g/mol. The average Bonchev–Trinajstić information content (AvgIpc) is 2.87. The van der Waals surface area contributed by atoms with Gasteiger partial charge in [0.25, 0.3) is 5.91 Å². The van der Waals surface area contributed by atoms with Gasteiger partial charge in [-0.1, -0.05) is 73.7 Å². The Morgan fingerprint density at radius 3 is 2.11 bits per heavy atom. The fourth-order valence-corrected chi connectivity index (χ4v) is 3.81. The molecule has 0 bridgehead atoms. The van der Waals surface area contributed by atoms with Crippen LogP contribution in [0.4, 0.5) is 0 Å². The number of rotatable bonds is 11. The number of nitrogens with one attached hydrogen (secondary N) is 1. The van der Waals surface area contributed by atoms with Gasteiger partial charge in [-0.05, 0) is 61.6 Å². The third-order valence-corrected chi connectivity index (χ3v) is 6.31. The number of benzene rings is 3. The minimum Gasteiger partial charge on any atom is -0.484 e. The van der Waals surface area contributed by atoms with Crippen LogP contribution in [0.1, 0.15) is 42.5 Å². The van der Waals surface area contributed by atoms with E-state index in [0.29, 0.717) is 18.7 Å². The van der Waals surface area contributed by atoms with Crippen LogP contribution >= 0.6 is 0 Å². The molecule has 0 aliphatic heterocycles. The van der Waals surface area contributed by atoms with Crippen LogP contribution in [-0.2, 0) is 22.6 Å². The Morgan fingerprint density at radius 1 is 0.886 bits per heavy atom. The lowest BCUT2D eigenvalue weighted by Gasteiger charge is -2.32. The molecule has 5 heteroatoms. The van der Waals surface area contributed by atoms with Crippen molar-refractivity contribution in [2.45, 2.75) is 59.2 Å². The Hall–Kier alpha value is -3.60. The van der Waals surface area contributed by atoms with E-state index in [-0.39, 0.29) is 24.5 Å². The molecule has 3 aromatic carbocycles. The molecule has 35 heavy (non-hydrogen) atoms. The van der Waals surface area contributed by atoms with Crippen molar-refractivity contribution in [3.05, 3.63) is 101 Å². The van der Waals surface area contributed by atoms with E-state index in [1.165, 1.54) is 5.56 Å². The number of ether oxygens (including phenoxy) is 1. The van der Waals surface area contributed by atoms with Crippen molar-refractivity contribution >= 4 is 11.8 Å². The zero-order chi connectivity index (χ0) is 25.2. The molecule has 0 aliphatic rings. The van der Waals surface area contributed by atoms with Crippen LogP contribution < -0.4 is 10.1 Å². The Bertz CT molecular complexity index is 1100. The van der Waals surface area contributed by atoms with Crippen LogP contribution in [-0.4, -0.2) is 35.4 Å². The predicted octanol–water partition coefficient (Wildman–Crippen LogP) is 5.24. The molecule has 2 atom stereocenters. The predicted molar refractivity (Wildman–Crippen MR) is 140 cm³/mol. The highest BCUT2D eigenvalue weighted by Gasteiger charge is 2.31. The number of carbonyl (C=O) groups is 2. The number of hydrogen-bond donors (Lipinski definition) is 1. The quantitative estimate of drug-likeness (QED) is 0.415. The van der Waals surface area contributed by atoms with Crippen molar-refractivity contribution in [2.75, 3.05) is 6.61 Å². The topological polar surface area (TPSA) is 58.6 Å². The molecule has 1 N–H and O–H groups in total. The van der Waals surface area contributed by atoms with Crippen LogP contribution in [0.2, 0.25) is 0 Å². The normalized spacial score (nSPS) is 12.5. The second-order valence-corrected chi connectivity index (χ2v) is 9.07. The van der Waals surface area contributed by atoms with Gasteiger partial charge < -0.3 is 15.0 Å². The van der Waals surface area contributed by atoms with Crippen LogP contribution in [0, 0.1) is 13.8 Å². The Labute approximate surface area is 209 Å². The Morgan fingerprint density at radius 2 is 1.51 bits per heavy atom. The van der Waals surface area contributed by atoms with E-state index in [1.54, 1.807) is 4.90 Å². The van der Waals surface area contributed by atoms with Crippen molar-refractivity contribution in [3.63, 3.8) is 0 Å². The van der Waals surface area contributed by atoms with Crippen LogP contribution in [0.5, 0.6) is 5.75 Å². The lowest BCUT2D eigenvalue weighted by molar-refractivity contribution is -0.143. The smallest absolute Gasteiger partial charge is 0.261 e. The van der Waals surface area contributed by atoms with Gasteiger partial charge in [0.1, 0.15) is 11.8 Å². The van der Waals surface area contributed by atoms with E-state index in [4.69, 9.17) is 4.74 Å². The van der Waals surface area contributed by atoms with E-state index in [9.17, 15) is 9.59 Å². The van der Waals surface area contributed by atoms with Crippen molar-refractivity contribution < 1.29 is 14.3 Å². The van der Waals surface area contributed by atoms with Gasteiger partial charge in [0.15, 0.2) is 6.61 Å². The molecule has 0 spiro atoms. The molecule has 0 saturated carbocycles. The molecule has 5 nitrogen and oxygen atoms in total. The minimum absolute atomic E-state index is 0.0150. The number of aryl methyl sites for hydroxylation is 2. The van der Waals surface area contributed by atoms with E-state index in [1.807, 2.05) is 107 Å². The number of carbonyl (C=O) groups excluding carboxylic acids is 2. The summed E-state index contributed by atoms with van der Waals surface area (Å²) in [4.78, 5) is 28.7. The number of nitrogens with zero attached hydrogens (tertiary/aromatic N) is 1. The number of hydrogen-bond acceptors (Lipinski definition) is 3. The first-order valence-electron chi connectivity index (χ1n) is 12.2. The molecule has 0 unspecified atom stereocenters. The summed E-state index contributed by atoms with van der Waals surface area (Å²) in [7, 11) is 0. The van der Waals surface area contributed by atoms with Crippen LogP contribution in [0.25, 0.3) is 0 Å². The van der Waals surface area contributed by atoms with E-state index in [0.717, 1.165) is 23.1 Å². The zero-order valence-corrected chi connectivity index (χ0v) is 21.2. The van der Waals surface area contributed by atoms with Crippen molar-refractivity contribution in [2.24, 2.45) is 0 Å². The van der Waals surface area contributed by atoms with Gasteiger partial charge in [-0.3, -0.25) is 9.59 Å². The molecule has 184 valence electrons. The van der Waals surface area contributed by atoms with Crippen molar-refractivity contribution in [1.82, 2.24) is 10.2 Å². The highest BCUT2D eigenvalue weighted by atomic mass is 16.5. The van der Waals surface area contributed by atoms with Gasteiger partial charge >= 0.3 is 0 Å². The molecule has 0 radical (unpaired) electrons. The Balaban J connectivity index is 1.89. The SMILES string of the molecule is CC[C@@H](C)NC(=O)[C@@H](Cc1ccccc1)N(Cc1ccccc1)C(=O)COc1ccc(C)c(C)c1. The molecule has 0 aliphatic carbocycles. The summed E-state index contributed by atoms with van der Waals surface area (Å²) in [6, 6.07) is 24.7. The van der Waals surface area contributed by atoms with Gasteiger partial charge in [-0.2, -0.15) is 0 Å². The largest absolute Gasteiger partial charge is 0.484 e. The van der Waals surface area contributed by atoms with Crippen LogP contribution in [0.3, 0.4) is 0 Å². The maximum absolute atomic E-state index is 13.6. The molecular formula is C30H36N2O3. The Kier molecular flexibility index (Phi) is 9.47. The molecule has 0 fully saturated rings. The van der Waals surface area contributed by atoms with Crippen molar-refractivity contribution in [1.29, 1.82) is 0 Å². The summed E-state index contributed by atoms with van der Waals surface area (Å²) in [5, 5.41) is 3.08. The zero-order valence-electron chi connectivity index (χ0n) is 21.2. The first-order valence-corrected chi connectivity index (χ1v) is 12.2. The maximum Gasteiger partial charge on any atom is 0.261 e. The highest BCUT2D eigenvalue weighted by molar-refractivity contribution is 5.88. The highest BCUT2D eigenvalue weighted by Crippen LogP contribution is 2.18. The van der Waals surface area contributed by atoms with E-state index >= 15 is 0 Å². The van der Waals surface area contributed by atoms with Crippen molar-refractivity contribution in [3.8, 4) is 5.75 Å². The fourth-order valence-electron chi connectivity index (χ4n) is 3.81. The molecule has 0 heterocycles. The summed E-state index contributed by atoms with van der Waals surface area (Å²) in [5.41, 5.74) is 4.23. The molecule has 0 aromatic heterocycles. The molecule has 2 amide bonds. The van der Waals surface area contributed by atoms with Gasteiger partial charge in [-0.15, -0.1) is 0 Å². The van der Waals surface area contributed by atoms with Gasteiger partial charge in [0.05, 0.1) is 0 Å². The molecule has 3 rings (SSSR count). The summed E-state index contributed by atoms with van der Waals surface area (Å²) in [6.07, 6.45) is 1.23. The molecule has 0 saturated heterocycles. The first-order chi connectivity index (χ1) is 16.9. The lowest BCUT2D eigenvalue weighted by atomic mass is 10.0. The minimum atomic E-state index is -0.664. The molecular weight excluding hydrogens is 436 g/mol. The standard InChI is InChI=1S/C30H36N2O3/c1-5-24(4)31-30(34)28(19-25-12-8-6-9-13-25)32(20-26-14-10-7-11-15-26)29(33)21-35-27-17-16-22(2)23(3)18-27/h6-18,24,28H,5,19-21H2,1-4H3,(H,31,34)/t24-,28-/m1/s1. The first kappa shape index (κ1) is 26.0. The molecule has 3 aromatic rings. The second-order valence-electron chi connectivity index (χ2n) is 9.07. The summed E-state index contributed by atoms with van der Waals surface area (Å²) < 4.78 is 5.88. The second kappa shape index (κ2) is 12.7. The van der Waals surface area contributed by atoms with Gasteiger partial charge in [-0.25, -0.2) is 0 Å². The fraction of sp³-hybridized carbons (Fsp3) is 0.333. The van der Waals surface area contributed by atoms with Gasteiger partial charge in [0.2, 0.25) is 5.91 Å². The lowest BCUT2D eigenvalue weighted by Crippen LogP contribution is -2.53. The summed E-state index contributed by atoms with van der Waals surface area (Å²) in [5.74, 6) is 0.260. The summed E-state index contributed by atoms with van der Waals surface area (Å²) in [6.45, 7) is 8.24. The third-order valence-electron chi connectivity index (χ3n) is 6.31. The maximum atomic E-state index is 13.6.